The van der Waals surface area contributed by atoms with E-state index in [9.17, 15) is 0 Å². The van der Waals surface area contributed by atoms with E-state index in [1.807, 2.05) is 0 Å². The minimum absolute atomic E-state index is 0.142. The molecule has 0 bridgehead atoms. The predicted molar refractivity (Wildman–Crippen MR) is 108 cm³/mol. The average molecular weight is 342 g/mol. The van der Waals surface area contributed by atoms with Crippen LogP contribution in [0.15, 0.2) is 73.1 Å². The molecule has 4 rings (SSSR count). The second kappa shape index (κ2) is 6.14. The number of aromatic nitrogens is 1. The van der Waals surface area contributed by atoms with Crippen LogP contribution in [0.3, 0.4) is 0 Å². The second-order valence-electron chi connectivity index (χ2n) is 7.72. The van der Waals surface area contributed by atoms with Gasteiger partial charge >= 0.3 is 0 Å². The molecular weight excluding hydrogens is 318 g/mol. The molecule has 0 aliphatic carbocycles. The molecular formula is C24H24NO+. The summed E-state index contributed by atoms with van der Waals surface area (Å²) in [5.74, 6) is 0.937. The van der Waals surface area contributed by atoms with Crippen LogP contribution in [0.4, 0.5) is 0 Å². The van der Waals surface area contributed by atoms with Gasteiger partial charge in [-0.05, 0) is 23.1 Å². The summed E-state index contributed by atoms with van der Waals surface area (Å²) in [7, 11) is 1.75. The summed E-state index contributed by atoms with van der Waals surface area (Å²) in [4.78, 5) is 0. The molecule has 3 aromatic carbocycles. The molecule has 2 heteroatoms. The molecule has 0 radical (unpaired) electrons. The number of ether oxygens (including phenoxy) is 1. The Balaban J connectivity index is 2.08. The standard InChI is InChI=1S/C24H24NO/c1-24(2,3)17-13-15-25(16-14-17)22-18-9-5-7-11-20(18)23(26-4)21-12-8-6-10-19(21)22/h5-16H,1-4H3/q+1. The van der Waals surface area contributed by atoms with Crippen LogP contribution < -0.4 is 9.30 Å². The van der Waals surface area contributed by atoms with E-state index in [1.54, 1.807) is 7.11 Å². The van der Waals surface area contributed by atoms with Gasteiger partial charge < -0.3 is 4.74 Å². The van der Waals surface area contributed by atoms with E-state index in [-0.39, 0.29) is 5.41 Å². The normalized spacial score (nSPS) is 11.8. The fourth-order valence-electron chi connectivity index (χ4n) is 3.64. The van der Waals surface area contributed by atoms with E-state index < -0.39 is 0 Å². The van der Waals surface area contributed by atoms with Gasteiger partial charge in [-0.25, -0.2) is 0 Å². The van der Waals surface area contributed by atoms with Crippen LogP contribution in [0, 0.1) is 0 Å². The Morgan fingerprint density at radius 1 is 0.692 bits per heavy atom. The molecule has 4 aromatic rings. The van der Waals surface area contributed by atoms with E-state index >= 15 is 0 Å². The van der Waals surface area contributed by atoms with Gasteiger partial charge in [-0.2, -0.15) is 4.57 Å². The van der Waals surface area contributed by atoms with Crippen molar-refractivity contribution >= 4 is 21.5 Å². The van der Waals surface area contributed by atoms with Crippen molar-refractivity contribution < 1.29 is 9.30 Å². The summed E-state index contributed by atoms with van der Waals surface area (Å²) in [6.07, 6.45) is 4.34. The largest absolute Gasteiger partial charge is 0.495 e. The van der Waals surface area contributed by atoms with Crippen molar-refractivity contribution in [3.63, 3.8) is 0 Å². The van der Waals surface area contributed by atoms with Crippen LogP contribution in [-0.2, 0) is 5.41 Å². The third-order valence-corrected chi connectivity index (χ3v) is 5.01. The fraction of sp³-hybridized carbons (Fsp3) is 0.208. The SMILES string of the molecule is COc1c2ccccc2c(-[n+]2ccc(C(C)(C)C)cc2)c2ccccc12. The van der Waals surface area contributed by atoms with E-state index in [1.165, 1.54) is 22.0 Å². The van der Waals surface area contributed by atoms with Crippen molar-refractivity contribution in [2.45, 2.75) is 26.2 Å². The zero-order valence-corrected chi connectivity index (χ0v) is 15.8. The number of pyridine rings is 1. The molecule has 1 aromatic heterocycles. The lowest BCUT2D eigenvalue weighted by molar-refractivity contribution is -0.592. The molecule has 130 valence electrons. The third-order valence-electron chi connectivity index (χ3n) is 5.01. The third kappa shape index (κ3) is 2.62. The molecule has 0 spiro atoms. The summed E-state index contributed by atoms with van der Waals surface area (Å²) in [6.45, 7) is 6.72. The molecule has 1 heterocycles. The maximum absolute atomic E-state index is 5.79. The molecule has 2 nitrogen and oxygen atoms in total. The van der Waals surface area contributed by atoms with Crippen molar-refractivity contribution in [1.29, 1.82) is 0 Å². The molecule has 0 aliphatic heterocycles. The first-order valence-electron chi connectivity index (χ1n) is 9.00. The number of fused-ring (bicyclic) bond motifs is 2. The number of benzene rings is 3. The Labute approximate surface area is 154 Å². The number of methoxy groups -OCH3 is 1. The van der Waals surface area contributed by atoms with E-state index in [0.29, 0.717) is 0 Å². The minimum atomic E-state index is 0.142. The summed E-state index contributed by atoms with van der Waals surface area (Å²) in [6, 6.07) is 21.3. The highest BCUT2D eigenvalue weighted by Gasteiger charge is 2.21. The van der Waals surface area contributed by atoms with Gasteiger partial charge in [-0.15, -0.1) is 0 Å². The Hall–Kier alpha value is -2.87. The van der Waals surface area contributed by atoms with Crippen molar-refractivity contribution in [2.75, 3.05) is 7.11 Å². The Kier molecular flexibility index (Phi) is 3.91. The maximum atomic E-state index is 5.79. The van der Waals surface area contributed by atoms with Crippen LogP contribution in [-0.4, -0.2) is 7.11 Å². The van der Waals surface area contributed by atoms with Crippen LogP contribution in [0.5, 0.6) is 5.75 Å². The molecule has 0 aliphatic rings. The fourth-order valence-corrected chi connectivity index (χ4v) is 3.64. The van der Waals surface area contributed by atoms with Gasteiger partial charge in [0.15, 0.2) is 12.4 Å². The Bertz CT molecular complexity index is 1030. The lowest BCUT2D eigenvalue weighted by Gasteiger charge is -2.18. The zero-order chi connectivity index (χ0) is 18.3. The molecule has 0 unspecified atom stereocenters. The van der Waals surface area contributed by atoms with Crippen LogP contribution >= 0.6 is 0 Å². The van der Waals surface area contributed by atoms with Gasteiger partial charge in [0, 0.05) is 22.9 Å². The monoisotopic (exact) mass is 342 g/mol. The molecule has 0 fully saturated rings. The topological polar surface area (TPSA) is 13.1 Å². The maximum Gasteiger partial charge on any atom is 0.226 e. The number of hydrogen-bond acceptors (Lipinski definition) is 1. The lowest BCUT2D eigenvalue weighted by atomic mass is 9.88. The quantitative estimate of drug-likeness (QED) is 0.342. The first-order valence-corrected chi connectivity index (χ1v) is 9.00. The molecule has 0 N–H and O–H groups in total. The van der Waals surface area contributed by atoms with Gasteiger partial charge in [0.05, 0.1) is 17.9 Å². The molecule has 0 amide bonds. The van der Waals surface area contributed by atoms with E-state index in [2.05, 4.69) is 98.4 Å². The van der Waals surface area contributed by atoms with Gasteiger partial charge in [0.1, 0.15) is 5.75 Å². The summed E-state index contributed by atoms with van der Waals surface area (Å²) < 4.78 is 8.01. The Morgan fingerprint density at radius 3 is 1.58 bits per heavy atom. The number of hydrogen-bond donors (Lipinski definition) is 0. The van der Waals surface area contributed by atoms with Crippen molar-refractivity contribution in [1.82, 2.24) is 0 Å². The van der Waals surface area contributed by atoms with Crippen molar-refractivity contribution in [2.24, 2.45) is 0 Å². The van der Waals surface area contributed by atoms with Gasteiger partial charge in [0.25, 0.3) is 0 Å². The van der Waals surface area contributed by atoms with Gasteiger partial charge in [0.2, 0.25) is 5.69 Å². The highest BCUT2D eigenvalue weighted by molar-refractivity contribution is 6.11. The van der Waals surface area contributed by atoms with Crippen LogP contribution in [0.25, 0.3) is 27.2 Å². The molecule has 0 saturated heterocycles. The van der Waals surface area contributed by atoms with Crippen molar-refractivity contribution in [3.8, 4) is 11.4 Å². The minimum Gasteiger partial charge on any atom is -0.495 e. The first kappa shape index (κ1) is 16.6. The summed E-state index contributed by atoms with van der Waals surface area (Å²) in [5.41, 5.74) is 2.66. The predicted octanol–water partition coefficient (Wildman–Crippen LogP) is 5.58. The smallest absolute Gasteiger partial charge is 0.226 e. The first-order chi connectivity index (χ1) is 12.5. The molecule has 0 atom stereocenters. The Morgan fingerprint density at radius 2 is 1.15 bits per heavy atom. The highest BCUT2D eigenvalue weighted by atomic mass is 16.5. The summed E-state index contributed by atoms with van der Waals surface area (Å²) >= 11 is 0. The summed E-state index contributed by atoms with van der Waals surface area (Å²) in [5, 5.41) is 4.65. The zero-order valence-electron chi connectivity index (χ0n) is 15.8. The highest BCUT2D eigenvalue weighted by Crippen LogP contribution is 2.38. The number of rotatable bonds is 2. The lowest BCUT2D eigenvalue weighted by Crippen LogP contribution is -2.31. The van der Waals surface area contributed by atoms with Crippen molar-refractivity contribution in [3.05, 3.63) is 78.6 Å². The average Bonchev–Trinajstić information content (AvgIpc) is 2.65. The second-order valence-corrected chi connectivity index (χ2v) is 7.72. The van der Waals surface area contributed by atoms with Gasteiger partial charge in [-0.1, -0.05) is 57.2 Å². The number of nitrogens with zero attached hydrogens (tertiary/aromatic N) is 1. The van der Waals surface area contributed by atoms with Gasteiger partial charge in [-0.3, -0.25) is 0 Å². The van der Waals surface area contributed by atoms with Crippen LogP contribution in [0.2, 0.25) is 0 Å². The van der Waals surface area contributed by atoms with Crippen LogP contribution in [0.1, 0.15) is 26.3 Å². The van der Waals surface area contributed by atoms with E-state index in [4.69, 9.17) is 4.74 Å². The van der Waals surface area contributed by atoms with E-state index in [0.717, 1.165) is 16.5 Å². The molecule has 0 saturated carbocycles. The molecule has 26 heavy (non-hydrogen) atoms.